The van der Waals surface area contributed by atoms with E-state index in [1.54, 1.807) is 0 Å². The molecule has 1 fully saturated rings. The molecular formula is C11H16N2. The Balaban J connectivity index is 2.33. The topological polar surface area (TPSA) is 15.3 Å². The maximum absolute atomic E-state index is 3.34. The van der Waals surface area contributed by atoms with Crippen LogP contribution in [-0.4, -0.2) is 19.8 Å². The van der Waals surface area contributed by atoms with Crippen LogP contribution >= 0.6 is 0 Å². The zero-order valence-corrected chi connectivity index (χ0v) is 8.30. The number of hydrogen-bond donors (Lipinski definition) is 1. The molecule has 0 bridgehead atoms. The van der Waals surface area contributed by atoms with Gasteiger partial charge in [0.1, 0.15) is 0 Å². The number of nitrogens with zero attached hydrogens (tertiary/aromatic N) is 1. The van der Waals surface area contributed by atoms with Crippen LogP contribution < -0.4 is 10.2 Å². The van der Waals surface area contributed by atoms with Gasteiger partial charge in [-0.1, -0.05) is 12.1 Å². The molecule has 0 saturated carbocycles. The smallest absolute Gasteiger partial charge is 0.0683 e. The summed E-state index contributed by atoms with van der Waals surface area (Å²) in [4.78, 5) is 2.39. The minimum atomic E-state index is 0.990. The van der Waals surface area contributed by atoms with Gasteiger partial charge in [-0.2, -0.15) is 0 Å². The summed E-state index contributed by atoms with van der Waals surface area (Å²) in [5.74, 6) is 0. The van der Waals surface area contributed by atoms with Crippen LogP contribution in [0, 0.1) is 13.8 Å². The summed E-state index contributed by atoms with van der Waals surface area (Å²) in [6.07, 6.45) is 0. The minimum Gasteiger partial charge on any atom is -0.357 e. The summed E-state index contributed by atoms with van der Waals surface area (Å²) >= 11 is 0. The lowest BCUT2D eigenvalue weighted by Crippen LogP contribution is -2.21. The first-order valence-electron chi connectivity index (χ1n) is 4.81. The van der Waals surface area contributed by atoms with Crippen molar-refractivity contribution in [3.8, 4) is 0 Å². The van der Waals surface area contributed by atoms with Crippen LogP contribution in [0.3, 0.4) is 0 Å². The average molecular weight is 176 g/mol. The van der Waals surface area contributed by atoms with Gasteiger partial charge in [0.25, 0.3) is 0 Å². The Hall–Kier alpha value is -1.02. The third kappa shape index (κ3) is 1.54. The summed E-state index contributed by atoms with van der Waals surface area (Å²) in [6.45, 7) is 7.59. The standard InChI is InChI=1S/C11H16N2/c1-9-4-3-5-11(10(9)2)13-7-6-12-8-13/h3-5,12H,6-8H2,1-2H3. The van der Waals surface area contributed by atoms with Crippen LogP contribution in [0.4, 0.5) is 5.69 Å². The molecule has 0 aromatic heterocycles. The lowest BCUT2D eigenvalue weighted by atomic mass is 10.1. The molecule has 1 aromatic rings. The van der Waals surface area contributed by atoms with Crippen molar-refractivity contribution in [2.24, 2.45) is 0 Å². The SMILES string of the molecule is Cc1cccc(N2CCNC2)c1C. The third-order valence-electron chi connectivity index (χ3n) is 2.78. The highest BCUT2D eigenvalue weighted by Crippen LogP contribution is 2.22. The highest BCUT2D eigenvalue weighted by Gasteiger charge is 2.13. The summed E-state index contributed by atoms with van der Waals surface area (Å²) in [5.41, 5.74) is 4.17. The van der Waals surface area contributed by atoms with E-state index in [1.165, 1.54) is 16.8 Å². The monoisotopic (exact) mass is 176 g/mol. The van der Waals surface area contributed by atoms with Crippen molar-refractivity contribution in [1.29, 1.82) is 0 Å². The van der Waals surface area contributed by atoms with Crippen LogP contribution in [0.25, 0.3) is 0 Å². The third-order valence-corrected chi connectivity index (χ3v) is 2.78. The van der Waals surface area contributed by atoms with Crippen molar-refractivity contribution >= 4 is 5.69 Å². The van der Waals surface area contributed by atoms with Crippen LogP contribution in [-0.2, 0) is 0 Å². The Bertz CT molecular complexity index is 301. The second-order valence-electron chi connectivity index (χ2n) is 3.64. The fourth-order valence-corrected chi connectivity index (χ4v) is 1.79. The molecule has 0 radical (unpaired) electrons. The Morgan fingerprint density at radius 3 is 2.85 bits per heavy atom. The van der Waals surface area contributed by atoms with Crippen molar-refractivity contribution in [3.05, 3.63) is 29.3 Å². The average Bonchev–Trinajstić information content (AvgIpc) is 2.62. The normalized spacial score (nSPS) is 16.6. The minimum absolute atomic E-state index is 0.990. The molecule has 2 nitrogen and oxygen atoms in total. The van der Waals surface area contributed by atoms with E-state index in [0.29, 0.717) is 0 Å². The maximum atomic E-state index is 3.34. The molecule has 0 aliphatic carbocycles. The molecular weight excluding hydrogens is 160 g/mol. The van der Waals surface area contributed by atoms with Crippen molar-refractivity contribution in [3.63, 3.8) is 0 Å². The molecule has 2 heteroatoms. The lowest BCUT2D eigenvalue weighted by molar-refractivity contribution is 0.853. The van der Waals surface area contributed by atoms with Gasteiger partial charge in [-0.25, -0.2) is 0 Å². The molecule has 0 atom stereocenters. The first kappa shape index (κ1) is 8.57. The number of aryl methyl sites for hydroxylation is 1. The van der Waals surface area contributed by atoms with E-state index in [-0.39, 0.29) is 0 Å². The predicted molar refractivity (Wildman–Crippen MR) is 56.1 cm³/mol. The molecule has 1 aliphatic rings. The van der Waals surface area contributed by atoms with Gasteiger partial charge in [0, 0.05) is 18.8 Å². The highest BCUT2D eigenvalue weighted by atomic mass is 15.3. The lowest BCUT2D eigenvalue weighted by Gasteiger charge is -2.20. The van der Waals surface area contributed by atoms with Gasteiger partial charge in [0.15, 0.2) is 0 Å². The molecule has 0 spiro atoms. The summed E-state index contributed by atoms with van der Waals surface area (Å²) in [5, 5.41) is 3.34. The van der Waals surface area contributed by atoms with Gasteiger partial charge in [0.05, 0.1) is 6.67 Å². The number of benzene rings is 1. The van der Waals surface area contributed by atoms with Crippen LogP contribution in [0.2, 0.25) is 0 Å². The molecule has 1 N–H and O–H groups in total. The largest absolute Gasteiger partial charge is 0.357 e. The van der Waals surface area contributed by atoms with E-state index in [9.17, 15) is 0 Å². The van der Waals surface area contributed by atoms with E-state index >= 15 is 0 Å². The number of rotatable bonds is 1. The molecule has 1 aliphatic heterocycles. The van der Waals surface area contributed by atoms with Gasteiger partial charge >= 0.3 is 0 Å². The van der Waals surface area contributed by atoms with Crippen LogP contribution in [0.1, 0.15) is 11.1 Å². The predicted octanol–water partition coefficient (Wildman–Crippen LogP) is 1.67. The molecule has 1 heterocycles. The van der Waals surface area contributed by atoms with Gasteiger partial charge in [-0.3, -0.25) is 5.32 Å². The summed E-state index contributed by atoms with van der Waals surface area (Å²) < 4.78 is 0. The quantitative estimate of drug-likeness (QED) is 0.700. The second-order valence-corrected chi connectivity index (χ2v) is 3.64. The fraction of sp³-hybridized carbons (Fsp3) is 0.455. The van der Waals surface area contributed by atoms with Crippen molar-refractivity contribution in [2.45, 2.75) is 13.8 Å². The molecule has 1 aromatic carbocycles. The van der Waals surface area contributed by atoms with Crippen molar-refractivity contribution < 1.29 is 0 Å². The van der Waals surface area contributed by atoms with E-state index in [0.717, 1.165) is 19.8 Å². The van der Waals surface area contributed by atoms with E-state index in [1.807, 2.05) is 0 Å². The maximum Gasteiger partial charge on any atom is 0.0683 e. The van der Waals surface area contributed by atoms with Gasteiger partial charge < -0.3 is 4.90 Å². The Kier molecular flexibility index (Phi) is 2.23. The Morgan fingerprint density at radius 1 is 1.31 bits per heavy atom. The van der Waals surface area contributed by atoms with E-state index < -0.39 is 0 Å². The van der Waals surface area contributed by atoms with E-state index in [4.69, 9.17) is 0 Å². The molecule has 0 amide bonds. The number of anilines is 1. The molecule has 0 unspecified atom stereocenters. The van der Waals surface area contributed by atoms with Gasteiger partial charge in [-0.05, 0) is 31.0 Å². The second kappa shape index (κ2) is 3.38. The molecule has 1 saturated heterocycles. The van der Waals surface area contributed by atoms with Crippen LogP contribution in [0.5, 0.6) is 0 Å². The zero-order chi connectivity index (χ0) is 9.26. The summed E-state index contributed by atoms with van der Waals surface area (Å²) in [6, 6.07) is 6.51. The number of nitrogens with one attached hydrogen (secondary N) is 1. The summed E-state index contributed by atoms with van der Waals surface area (Å²) in [7, 11) is 0. The number of hydrogen-bond acceptors (Lipinski definition) is 2. The first-order valence-corrected chi connectivity index (χ1v) is 4.81. The zero-order valence-electron chi connectivity index (χ0n) is 8.30. The molecule has 70 valence electrons. The molecule has 13 heavy (non-hydrogen) atoms. The Labute approximate surface area is 79.6 Å². The van der Waals surface area contributed by atoms with Gasteiger partial charge in [0.2, 0.25) is 0 Å². The van der Waals surface area contributed by atoms with Crippen LogP contribution in [0.15, 0.2) is 18.2 Å². The van der Waals surface area contributed by atoms with E-state index in [2.05, 4.69) is 42.3 Å². The van der Waals surface area contributed by atoms with Gasteiger partial charge in [-0.15, -0.1) is 0 Å². The Morgan fingerprint density at radius 2 is 2.15 bits per heavy atom. The van der Waals surface area contributed by atoms with Crippen molar-refractivity contribution in [1.82, 2.24) is 5.32 Å². The fourth-order valence-electron chi connectivity index (χ4n) is 1.79. The van der Waals surface area contributed by atoms with Crippen molar-refractivity contribution in [2.75, 3.05) is 24.7 Å². The molecule has 2 rings (SSSR count). The first-order chi connectivity index (χ1) is 6.29. The highest BCUT2D eigenvalue weighted by molar-refractivity contribution is 5.56.